The van der Waals surface area contributed by atoms with Gasteiger partial charge in [0.25, 0.3) is 0 Å². The molecule has 1 aliphatic rings. The Hall–Kier alpha value is -2.14. The molecule has 1 aliphatic heterocycles. The second-order valence-corrected chi connectivity index (χ2v) is 5.66. The lowest BCUT2D eigenvalue weighted by atomic mass is 9.98. The molecule has 3 rings (SSSR count). The number of amides is 1. The van der Waals surface area contributed by atoms with E-state index in [4.69, 9.17) is 4.74 Å². The maximum Gasteiger partial charge on any atom is 0.220 e. The highest BCUT2D eigenvalue weighted by Crippen LogP contribution is 2.17. The van der Waals surface area contributed by atoms with Crippen molar-refractivity contribution < 1.29 is 9.53 Å². The molecule has 5 heteroatoms. The van der Waals surface area contributed by atoms with Gasteiger partial charge in [-0.3, -0.25) is 4.79 Å². The Balaban J connectivity index is 1.58. The van der Waals surface area contributed by atoms with E-state index >= 15 is 0 Å². The predicted octanol–water partition coefficient (Wildman–Crippen LogP) is 2.31. The van der Waals surface area contributed by atoms with Crippen molar-refractivity contribution in [3.8, 4) is 5.69 Å². The first-order valence-corrected chi connectivity index (χ1v) is 7.73. The summed E-state index contributed by atoms with van der Waals surface area (Å²) < 4.78 is 7.38. The van der Waals surface area contributed by atoms with Gasteiger partial charge in [0, 0.05) is 38.6 Å². The molecule has 0 bridgehead atoms. The van der Waals surface area contributed by atoms with Crippen LogP contribution < -0.4 is 5.32 Å². The third-order valence-corrected chi connectivity index (χ3v) is 3.98. The highest BCUT2D eigenvalue weighted by Gasteiger charge is 2.17. The number of aromatic nitrogens is 2. The third-order valence-electron chi connectivity index (χ3n) is 3.98. The zero-order chi connectivity index (χ0) is 15.2. The van der Waals surface area contributed by atoms with Gasteiger partial charge in [-0.25, -0.2) is 4.98 Å². The molecule has 5 nitrogen and oxygen atoms in total. The summed E-state index contributed by atoms with van der Waals surface area (Å²) in [7, 11) is 0. The van der Waals surface area contributed by atoms with E-state index in [1.165, 1.54) is 0 Å². The number of carbonyl (C=O) groups excluding carboxylic acids is 1. The van der Waals surface area contributed by atoms with Crippen LogP contribution in [0.5, 0.6) is 0 Å². The molecule has 2 heterocycles. The van der Waals surface area contributed by atoms with Gasteiger partial charge >= 0.3 is 0 Å². The molecule has 0 unspecified atom stereocenters. The van der Waals surface area contributed by atoms with Crippen molar-refractivity contribution in [2.75, 3.05) is 13.2 Å². The number of imidazole rings is 1. The molecule has 1 atom stereocenters. The van der Waals surface area contributed by atoms with Crippen LogP contribution >= 0.6 is 0 Å². The number of nitrogens with zero attached hydrogens (tertiary/aromatic N) is 2. The Labute approximate surface area is 130 Å². The van der Waals surface area contributed by atoms with Crippen LogP contribution in [0.3, 0.4) is 0 Å². The van der Waals surface area contributed by atoms with Gasteiger partial charge in [0.05, 0.1) is 12.0 Å². The van der Waals surface area contributed by atoms with Gasteiger partial charge in [0.1, 0.15) is 0 Å². The van der Waals surface area contributed by atoms with E-state index in [-0.39, 0.29) is 5.91 Å². The maximum absolute atomic E-state index is 12.1. The Morgan fingerprint density at radius 1 is 1.41 bits per heavy atom. The van der Waals surface area contributed by atoms with E-state index < -0.39 is 0 Å². The van der Waals surface area contributed by atoms with Crippen molar-refractivity contribution in [1.29, 1.82) is 0 Å². The van der Waals surface area contributed by atoms with Crippen molar-refractivity contribution in [1.82, 2.24) is 14.9 Å². The van der Waals surface area contributed by atoms with Crippen molar-refractivity contribution in [2.24, 2.45) is 5.92 Å². The number of carbonyl (C=O) groups is 1. The van der Waals surface area contributed by atoms with Crippen LogP contribution in [-0.4, -0.2) is 28.7 Å². The predicted molar refractivity (Wildman–Crippen MR) is 83.6 cm³/mol. The summed E-state index contributed by atoms with van der Waals surface area (Å²) in [6, 6.07) is 8.02. The van der Waals surface area contributed by atoms with E-state index in [1.54, 1.807) is 12.5 Å². The standard InChI is InChI=1S/C17H21N3O2/c21-17(10-14-4-3-9-22-12-14)19-11-15-5-1-2-6-16(15)20-8-7-18-13-20/h1-2,5-8,13-14H,3-4,9-12H2,(H,19,21)/t14-/m0/s1. The van der Waals surface area contributed by atoms with Crippen molar-refractivity contribution in [3.05, 3.63) is 48.5 Å². The number of nitrogens with one attached hydrogen (secondary N) is 1. The van der Waals surface area contributed by atoms with E-state index in [0.29, 0.717) is 25.5 Å². The van der Waals surface area contributed by atoms with Crippen molar-refractivity contribution in [2.45, 2.75) is 25.8 Å². The fourth-order valence-corrected chi connectivity index (χ4v) is 2.81. The zero-order valence-electron chi connectivity index (χ0n) is 12.6. The second-order valence-electron chi connectivity index (χ2n) is 5.66. The summed E-state index contributed by atoms with van der Waals surface area (Å²) in [5.74, 6) is 0.452. The van der Waals surface area contributed by atoms with Gasteiger partial charge in [-0.15, -0.1) is 0 Å². The van der Waals surface area contributed by atoms with Crippen LogP contribution in [0.25, 0.3) is 5.69 Å². The molecule has 2 aromatic rings. The Morgan fingerprint density at radius 3 is 3.09 bits per heavy atom. The lowest BCUT2D eigenvalue weighted by Crippen LogP contribution is -2.28. The van der Waals surface area contributed by atoms with Crippen LogP contribution in [0.2, 0.25) is 0 Å². The summed E-state index contributed by atoms with van der Waals surface area (Å²) >= 11 is 0. The van der Waals surface area contributed by atoms with E-state index in [1.807, 2.05) is 35.0 Å². The molecular weight excluding hydrogens is 278 g/mol. The number of benzene rings is 1. The Morgan fingerprint density at radius 2 is 2.32 bits per heavy atom. The molecule has 0 saturated carbocycles. The molecule has 0 spiro atoms. The molecule has 1 fully saturated rings. The third kappa shape index (κ3) is 3.74. The minimum atomic E-state index is 0.0935. The second kappa shape index (κ2) is 7.22. The summed E-state index contributed by atoms with van der Waals surface area (Å²) in [5.41, 5.74) is 2.12. The van der Waals surface area contributed by atoms with Crippen LogP contribution in [0.1, 0.15) is 24.8 Å². The summed E-state index contributed by atoms with van der Waals surface area (Å²) in [4.78, 5) is 16.2. The number of rotatable bonds is 5. The van der Waals surface area contributed by atoms with E-state index in [0.717, 1.165) is 30.7 Å². The Kier molecular flexibility index (Phi) is 4.85. The summed E-state index contributed by atoms with van der Waals surface area (Å²) in [5, 5.41) is 3.02. The number of ether oxygens (including phenoxy) is 1. The lowest BCUT2D eigenvalue weighted by Gasteiger charge is -2.21. The molecule has 0 radical (unpaired) electrons. The minimum absolute atomic E-state index is 0.0935. The van der Waals surface area contributed by atoms with Crippen LogP contribution in [0.4, 0.5) is 0 Å². The highest BCUT2D eigenvalue weighted by molar-refractivity contribution is 5.76. The summed E-state index contributed by atoms with van der Waals surface area (Å²) in [6.07, 6.45) is 8.10. The molecule has 1 amide bonds. The van der Waals surface area contributed by atoms with E-state index in [2.05, 4.69) is 10.3 Å². The average molecular weight is 299 g/mol. The van der Waals surface area contributed by atoms with Gasteiger partial charge in [-0.1, -0.05) is 18.2 Å². The first-order chi connectivity index (χ1) is 10.8. The average Bonchev–Trinajstić information content (AvgIpc) is 3.08. The van der Waals surface area contributed by atoms with Crippen LogP contribution in [0.15, 0.2) is 43.0 Å². The van der Waals surface area contributed by atoms with Crippen molar-refractivity contribution in [3.63, 3.8) is 0 Å². The molecule has 1 N–H and O–H groups in total. The van der Waals surface area contributed by atoms with Crippen molar-refractivity contribution >= 4 is 5.91 Å². The fraction of sp³-hybridized carbons (Fsp3) is 0.412. The van der Waals surface area contributed by atoms with Gasteiger partial charge in [0.2, 0.25) is 5.91 Å². The van der Waals surface area contributed by atoms with Gasteiger partial charge in [0.15, 0.2) is 0 Å². The maximum atomic E-state index is 12.1. The van der Waals surface area contributed by atoms with E-state index in [9.17, 15) is 4.79 Å². The molecule has 1 aromatic heterocycles. The smallest absolute Gasteiger partial charge is 0.220 e. The first-order valence-electron chi connectivity index (χ1n) is 7.73. The molecule has 22 heavy (non-hydrogen) atoms. The quantitative estimate of drug-likeness (QED) is 0.921. The molecule has 0 aliphatic carbocycles. The van der Waals surface area contributed by atoms with Gasteiger partial charge in [-0.2, -0.15) is 0 Å². The topological polar surface area (TPSA) is 56.1 Å². The van der Waals surface area contributed by atoms with Gasteiger partial charge in [-0.05, 0) is 30.4 Å². The SMILES string of the molecule is O=C(C[C@@H]1CCCOC1)NCc1ccccc1-n1ccnc1. The lowest BCUT2D eigenvalue weighted by molar-refractivity contribution is -0.123. The zero-order valence-corrected chi connectivity index (χ0v) is 12.6. The highest BCUT2D eigenvalue weighted by atomic mass is 16.5. The molecule has 116 valence electrons. The van der Waals surface area contributed by atoms with Gasteiger partial charge < -0.3 is 14.6 Å². The molecule has 1 saturated heterocycles. The number of hydrogen-bond donors (Lipinski definition) is 1. The normalized spacial score (nSPS) is 18.1. The largest absolute Gasteiger partial charge is 0.381 e. The number of para-hydroxylation sites is 1. The monoisotopic (exact) mass is 299 g/mol. The number of hydrogen-bond acceptors (Lipinski definition) is 3. The first kappa shape index (κ1) is 14.8. The Bertz CT molecular complexity index is 604. The summed E-state index contributed by atoms with van der Waals surface area (Å²) in [6.45, 7) is 2.07. The fourth-order valence-electron chi connectivity index (χ4n) is 2.81. The molecule has 1 aromatic carbocycles. The van der Waals surface area contributed by atoms with Crippen LogP contribution in [-0.2, 0) is 16.1 Å². The minimum Gasteiger partial charge on any atom is -0.381 e. The molecular formula is C17H21N3O2. The van der Waals surface area contributed by atoms with Crippen LogP contribution in [0, 0.1) is 5.92 Å².